The Balaban J connectivity index is 1.86. The molecule has 0 aromatic rings. The minimum Gasteiger partial charge on any atom is -0.457 e. The molecular formula is C24H31N3O6S. The number of likely N-dealkylation sites (tertiary alicyclic amines) is 1. The molecule has 0 unspecified atom stereocenters. The Morgan fingerprint density at radius 1 is 1.18 bits per heavy atom. The number of β-lactam (4-membered cyclic amide) rings is 1. The number of likely N-dealkylation sites (N-methyl/N-ethyl adjacent to an activating group) is 1. The van der Waals surface area contributed by atoms with Crippen LogP contribution in [0.4, 0.5) is 4.79 Å². The van der Waals surface area contributed by atoms with E-state index in [9.17, 15) is 19.2 Å². The highest BCUT2D eigenvalue weighted by atomic mass is 32.2. The van der Waals surface area contributed by atoms with Crippen molar-refractivity contribution in [3.05, 3.63) is 48.1 Å². The van der Waals surface area contributed by atoms with Crippen molar-refractivity contribution >= 4 is 35.6 Å². The Morgan fingerprint density at radius 2 is 1.82 bits per heavy atom. The Bertz CT molecular complexity index is 958. The van der Waals surface area contributed by atoms with E-state index in [-0.39, 0.29) is 47.9 Å². The number of nitrogens with zero attached hydrogens (tertiary/aromatic N) is 3. The summed E-state index contributed by atoms with van der Waals surface area (Å²) in [5.74, 6) is -0.981. The summed E-state index contributed by atoms with van der Waals surface area (Å²) >= 11 is 1.45. The molecule has 3 aliphatic rings. The van der Waals surface area contributed by atoms with E-state index >= 15 is 0 Å². The van der Waals surface area contributed by atoms with Crippen molar-refractivity contribution < 1.29 is 28.7 Å². The lowest BCUT2D eigenvalue weighted by Crippen LogP contribution is -2.51. The third kappa shape index (κ3) is 4.77. The van der Waals surface area contributed by atoms with E-state index < -0.39 is 18.1 Å². The van der Waals surface area contributed by atoms with Gasteiger partial charge in [0.15, 0.2) is 0 Å². The molecule has 0 aromatic heterocycles. The first kappa shape index (κ1) is 25.6. The van der Waals surface area contributed by atoms with Crippen molar-refractivity contribution in [2.75, 3.05) is 33.9 Å². The molecule has 0 saturated carbocycles. The minimum atomic E-state index is -0.561. The third-order valence-corrected chi connectivity index (χ3v) is 7.67. The Labute approximate surface area is 204 Å². The smallest absolute Gasteiger partial charge is 0.410 e. The molecule has 0 spiro atoms. The van der Waals surface area contributed by atoms with Crippen molar-refractivity contribution in [1.29, 1.82) is 0 Å². The fourth-order valence-corrected chi connectivity index (χ4v) is 5.98. The largest absolute Gasteiger partial charge is 0.457 e. The molecule has 3 amide bonds. The van der Waals surface area contributed by atoms with Gasteiger partial charge < -0.3 is 19.3 Å². The molecule has 9 nitrogen and oxygen atoms in total. The SMILES string of the molecule is C=CCOC(=O)C1=C(S[C@H]2C[C@@H](C(=C)C(=O)N(C)C)N(C(=O)OCC=C)C2)[C@H](C)[C@@H]2CC(=O)N12. The quantitative estimate of drug-likeness (QED) is 0.212. The summed E-state index contributed by atoms with van der Waals surface area (Å²) in [5.41, 5.74) is 0.565. The number of amides is 3. The highest BCUT2D eigenvalue weighted by Crippen LogP contribution is 2.50. The van der Waals surface area contributed by atoms with E-state index in [1.54, 1.807) is 14.1 Å². The number of carbonyl (C=O) groups excluding carboxylic acids is 4. The fraction of sp³-hybridized carbons (Fsp3) is 0.500. The summed E-state index contributed by atoms with van der Waals surface area (Å²) in [4.78, 5) is 55.6. The maximum atomic E-state index is 12.8. The molecule has 0 aliphatic carbocycles. The number of hydrogen-bond acceptors (Lipinski definition) is 7. The standard InChI is InChI=1S/C24H31N3O6S/c1-7-9-32-23(30)20-21(14(3)18-12-19(28)27(18)20)34-16-11-17(15(4)22(29)25(5)6)26(13-16)24(31)33-10-8-2/h7-8,14,16-18H,1-2,4,9-13H2,3,5-6H3/t14-,16+,17+,18+/m1/s1. The van der Waals surface area contributed by atoms with Crippen molar-refractivity contribution in [3.8, 4) is 0 Å². The van der Waals surface area contributed by atoms with Crippen molar-refractivity contribution in [2.45, 2.75) is 37.1 Å². The van der Waals surface area contributed by atoms with Crippen LogP contribution in [0.1, 0.15) is 19.8 Å². The predicted molar refractivity (Wildman–Crippen MR) is 128 cm³/mol. The normalized spacial score (nSPS) is 25.4. The zero-order chi connectivity index (χ0) is 25.2. The highest BCUT2D eigenvalue weighted by Gasteiger charge is 2.53. The van der Waals surface area contributed by atoms with E-state index in [1.807, 2.05) is 6.92 Å². The first-order valence-corrected chi connectivity index (χ1v) is 12.0. The predicted octanol–water partition coefficient (Wildman–Crippen LogP) is 2.32. The molecule has 2 fully saturated rings. The number of ether oxygens (including phenoxy) is 2. The summed E-state index contributed by atoms with van der Waals surface area (Å²) in [7, 11) is 3.25. The van der Waals surface area contributed by atoms with Crippen LogP contribution in [0.5, 0.6) is 0 Å². The van der Waals surface area contributed by atoms with Gasteiger partial charge in [-0.15, -0.1) is 11.8 Å². The molecule has 0 N–H and O–H groups in total. The van der Waals surface area contributed by atoms with Crippen LogP contribution in [0, 0.1) is 5.92 Å². The second-order valence-electron chi connectivity index (χ2n) is 8.66. The molecule has 3 heterocycles. The molecule has 10 heteroatoms. The van der Waals surface area contributed by atoms with Gasteiger partial charge in [-0.2, -0.15) is 0 Å². The van der Waals surface area contributed by atoms with Crippen LogP contribution >= 0.6 is 11.8 Å². The molecule has 34 heavy (non-hydrogen) atoms. The van der Waals surface area contributed by atoms with Crippen LogP contribution < -0.4 is 0 Å². The molecule has 0 aromatic carbocycles. The summed E-state index contributed by atoms with van der Waals surface area (Å²) < 4.78 is 10.5. The Hall–Kier alpha value is -3.01. The first-order chi connectivity index (χ1) is 16.1. The molecule has 2 saturated heterocycles. The number of thioether (sulfide) groups is 1. The molecular weight excluding hydrogens is 458 g/mol. The third-order valence-electron chi connectivity index (χ3n) is 6.17. The van der Waals surface area contributed by atoms with Gasteiger partial charge in [0.2, 0.25) is 5.91 Å². The monoisotopic (exact) mass is 489 g/mol. The lowest BCUT2D eigenvalue weighted by molar-refractivity contribution is -0.150. The van der Waals surface area contributed by atoms with Gasteiger partial charge in [-0.1, -0.05) is 38.8 Å². The maximum Gasteiger partial charge on any atom is 0.410 e. The molecule has 4 atom stereocenters. The second-order valence-corrected chi connectivity index (χ2v) is 10.0. The maximum absolute atomic E-state index is 12.8. The molecule has 184 valence electrons. The summed E-state index contributed by atoms with van der Waals surface area (Å²) in [6, 6.07) is -0.616. The van der Waals surface area contributed by atoms with Gasteiger partial charge in [0.1, 0.15) is 18.9 Å². The fourth-order valence-electron chi connectivity index (χ4n) is 4.44. The van der Waals surface area contributed by atoms with Crippen molar-refractivity contribution in [2.24, 2.45) is 5.92 Å². The molecule has 0 bridgehead atoms. The van der Waals surface area contributed by atoms with Gasteiger partial charge in [0, 0.05) is 48.7 Å². The average Bonchev–Trinajstić information content (AvgIpc) is 3.32. The van der Waals surface area contributed by atoms with E-state index in [2.05, 4.69) is 19.7 Å². The van der Waals surface area contributed by atoms with Gasteiger partial charge in [0.25, 0.3) is 5.91 Å². The van der Waals surface area contributed by atoms with Crippen LogP contribution in [0.15, 0.2) is 48.1 Å². The summed E-state index contributed by atoms with van der Waals surface area (Å²) in [5, 5.41) is -0.138. The van der Waals surface area contributed by atoms with E-state index in [0.29, 0.717) is 25.0 Å². The first-order valence-electron chi connectivity index (χ1n) is 11.1. The van der Waals surface area contributed by atoms with Gasteiger partial charge in [-0.25, -0.2) is 9.59 Å². The number of fused-ring (bicyclic) bond motifs is 1. The van der Waals surface area contributed by atoms with E-state index in [0.717, 1.165) is 4.91 Å². The average molecular weight is 490 g/mol. The minimum absolute atomic E-state index is 0.0409. The Morgan fingerprint density at radius 3 is 2.41 bits per heavy atom. The van der Waals surface area contributed by atoms with Gasteiger partial charge in [0.05, 0.1) is 12.1 Å². The van der Waals surface area contributed by atoms with E-state index in [1.165, 1.54) is 38.6 Å². The van der Waals surface area contributed by atoms with Crippen LogP contribution in [0.3, 0.4) is 0 Å². The second kappa shape index (κ2) is 10.5. The topological polar surface area (TPSA) is 96.5 Å². The summed E-state index contributed by atoms with van der Waals surface area (Å²) in [6.45, 7) is 13.5. The summed E-state index contributed by atoms with van der Waals surface area (Å²) in [6.07, 6.45) is 3.23. The number of rotatable bonds is 9. The van der Waals surface area contributed by atoms with Gasteiger partial charge >= 0.3 is 12.1 Å². The van der Waals surface area contributed by atoms with E-state index in [4.69, 9.17) is 9.47 Å². The van der Waals surface area contributed by atoms with Crippen molar-refractivity contribution in [3.63, 3.8) is 0 Å². The van der Waals surface area contributed by atoms with Crippen LogP contribution in [0.25, 0.3) is 0 Å². The highest BCUT2D eigenvalue weighted by molar-refractivity contribution is 8.03. The van der Waals surface area contributed by atoms with Gasteiger partial charge in [-0.3, -0.25) is 14.5 Å². The van der Waals surface area contributed by atoms with Crippen LogP contribution in [0.2, 0.25) is 0 Å². The molecule has 3 aliphatic heterocycles. The molecule has 3 rings (SSSR count). The number of hydrogen-bond donors (Lipinski definition) is 0. The number of esters is 1. The zero-order valence-electron chi connectivity index (χ0n) is 19.8. The molecule has 0 radical (unpaired) electrons. The zero-order valence-corrected chi connectivity index (χ0v) is 20.6. The number of carbonyl (C=O) groups is 4. The van der Waals surface area contributed by atoms with Gasteiger partial charge in [-0.05, 0) is 6.42 Å². The lowest BCUT2D eigenvalue weighted by Gasteiger charge is -2.37. The van der Waals surface area contributed by atoms with Crippen LogP contribution in [-0.4, -0.2) is 89.8 Å². The van der Waals surface area contributed by atoms with Crippen LogP contribution in [-0.2, 0) is 23.9 Å². The Kier molecular flexibility index (Phi) is 7.91. The lowest BCUT2D eigenvalue weighted by atomic mass is 9.94. The van der Waals surface area contributed by atoms with Crippen molar-refractivity contribution in [1.82, 2.24) is 14.7 Å².